The lowest BCUT2D eigenvalue weighted by Gasteiger charge is -2.08. The molecule has 0 spiro atoms. The molecule has 0 radical (unpaired) electrons. The Hall–Kier alpha value is -1.89. The third kappa shape index (κ3) is 5.09. The number of rotatable bonds is 7. The number of amides is 1. The van der Waals surface area contributed by atoms with Crippen LogP contribution in [0.25, 0.3) is 0 Å². The van der Waals surface area contributed by atoms with Crippen LogP contribution in [0.4, 0.5) is 8.78 Å². The lowest BCUT2D eigenvalue weighted by molar-refractivity contribution is 0.0188. The Morgan fingerprint density at radius 2 is 2.21 bits per heavy atom. The van der Waals surface area contributed by atoms with Gasteiger partial charge in [-0.1, -0.05) is 0 Å². The Kier molecular flexibility index (Phi) is 6.01. The molecule has 5 nitrogen and oxygen atoms in total. The molecular formula is C12H15F2NO4. The Morgan fingerprint density at radius 1 is 1.47 bits per heavy atom. The van der Waals surface area contributed by atoms with Gasteiger partial charge in [-0.25, -0.2) is 8.78 Å². The predicted octanol–water partition coefficient (Wildman–Crippen LogP) is 1.41. The number of halogens is 2. The van der Waals surface area contributed by atoms with Crippen molar-refractivity contribution in [3.8, 4) is 11.5 Å². The molecule has 0 bridgehead atoms. The molecule has 2 N–H and O–H groups in total. The zero-order valence-electron chi connectivity index (χ0n) is 10.4. The highest BCUT2D eigenvalue weighted by atomic mass is 19.3. The van der Waals surface area contributed by atoms with E-state index in [0.717, 1.165) is 0 Å². The summed E-state index contributed by atoms with van der Waals surface area (Å²) in [5.74, 6) is -0.291. The van der Waals surface area contributed by atoms with E-state index in [0.29, 0.717) is 5.75 Å². The fraction of sp³-hybridized carbons (Fsp3) is 0.417. The quantitative estimate of drug-likeness (QED) is 0.738. The second-order valence-electron chi connectivity index (χ2n) is 3.60. The minimum atomic E-state index is -2.53. The van der Waals surface area contributed by atoms with E-state index >= 15 is 0 Å². The topological polar surface area (TPSA) is 67.8 Å². The number of carbonyl (C=O) groups excluding carboxylic acids is 1. The number of benzene rings is 1. The SMILES string of the molecule is COc1ccc(O)c(C(=O)NCCOCC(F)F)c1. The van der Waals surface area contributed by atoms with Gasteiger partial charge in [-0.3, -0.25) is 4.79 Å². The average Bonchev–Trinajstić information content (AvgIpc) is 2.38. The van der Waals surface area contributed by atoms with Crippen LogP contribution in [0.2, 0.25) is 0 Å². The van der Waals surface area contributed by atoms with Crippen molar-refractivity contribution in [2.45, 2.75) is 6.43 Å². The Morgan fingerprint density at radius 3 is 2.84 bits per heavy atom. The highest BCUT2D eigenvalue weighted by molar-refractivity contribution is 5.97. The molecule has 0 saturated carbocycles. The second kappa shape index (κ2) is 7.52. The van der Waals surface area contributed by atoms with Gasteiger partial charge in [0.25, 0.3) is 12.3 Å². The van der Waals surface area contributed by atoms with Gasteiger partial charge in [0.05, 0.1) is 19.3 Å². The van der Waals surface area contributed by atoms with E-state index in [1.165, 1.54) is 25.3 Å². The molecule has 0 unspecified atom stereocenters. The molecule has 0 aromatic heterocycles. The summed E-state index contributed by atoms with van der Waals surface area (Å²) in [6.45, 7) is -0.622. The Bertz CT molecular complexity index is 426. The monoisotopic (exact) mass is 275 g/mol. The van der Waals surface area contributed by atoms with Gasteiger partial charge in [0.2, 0.25) is 0 Å². The lowest BCUT2D eigenvalue weighted by atomic mass is 10.2. The van der Waals surface area contributed by atoms with Crippen molar-refractivity contribution < 1.29 is 28.2 Å². The first kappa shape index (κ1) is 15.2. The van der Waals surface area contributed by atoms with E-state index in [9.17, 15) is 18.7 Å². The van der Waals surface area contributed by atoms with Crippen LogP contribution >= 0.6 is 0 Å². The lowest BCUT2D eigenvalue weighted by Crippen LogP contribution is -2.27. The molecule has 19 heavy (non-hydrogen) atoms. The Labute approximate surface area is 109 Å². The van der Waals surface area contributed by atoms with Gasteiger partial charge < -0.3 is 19.9 Å². The van der Waals surface area contributed by atoms with Crippen LogP contribution in [-0.4, -0.2) is 44.3 Å². The number of carbonyl (C=O) groups is 1. The van der Waals surface area contributed by atoms with Crippen molar-refractivity contribution in [2.24, 2.45) is 0 Å². The number of aromatic hydroxyl groups is 1. The van der Waals surface area contributed by atoms with Crippen molar-refractivity contribution in [3.05, 3.63) is 23.8 Å². The smallest absolute Gasteiger partial charge is 0.261 e. The van der Waals surface area contributed by atoms with Crippen LogP contribution in [0.5, 0.6) is 11.5 Å². The summed E-state index contributed by atoms with van der Waals surface area (Å²) < 4.78 is 33.1. The molecule has 1 aromatic carbocycles. The third-order valence-corrected chi connectivity index (χ3v) is 2.22. The number of hydrogen-bond donors (Lipinski definition) is 2. The number of alkyl halides is 2. The summed E-state index contributed by atoms with van der Waals surface area (Å²) in [6.07, 6.45) is -2.53. The minimum Gasteiger partial charge on any atom is -0.507 e. The van der Waals surface area contributed by atoms with Crippen molar-refractivity contribution >= 4 is 5.91 Å². The molecule has 0 heterocycles. The van der Waals surface area contributed by atoms with Crippen LogP contribution in [0.15, 0.2) is 18.2 Å². The average molecular weight is 275 g/mol. The minimum absolute atomic E-state index is 0.0270. The van der Waals surface area contributed by atoms with Gasteiger partial charge >= 0.3 is 0 Å². The van der Waals surface area contributed by atoms with Crippen LogP contribution < -0.4 is 10.1 Å². The summed E-state index contributed by atoms with van der Waals surface area (Å²) in [5, 5.41) is 12.0. The van der Waals surface area contributed by atoms with Gasteiger partial charge in [0.15, 0.2) is 0 Å². The van der Waals surface area contributed by atoms with Crippen molar-refractivity contribution in [2.75, 3.05) is 26.9 Å². The van der Waals surface area contributed by atoms with E-state index in [-0.39, 0.29) is 24.5 Å². The Balaban J connectivity index is 2.45. The molecule has 1 aromatic rings. The van der Waals surface area contributed by atoms with Crippen molar-refractivity contribution in [1.29, 1.82) is 0 Å². The summed E-state index contributed by atoms with van der Waals surface area (Å²) in [4.78, 5) is 11.7. The van der Waals surface area contributed by atoms with Gasteiger partial charge in [0.1, 0.15) is 18.1 Å². The van der Waals surface area contributed by atoms with Gasteiger partial charge in [-0.15, -0.1) is 0 Å². The van der Waals surface area contributed by atoms with E-state index in [1.54, 1.807) is 0 Å². The van der Waals surface area contributed by atoms with E-state index in [1.807, 2.05) is 0 Å². The molecule has 0 aliphatic carbocycles. The normalized spacial score (nSPS) is 10.5. The van der Waals surface area contributed by atoms with Crippen LogP contribution in [0.1, 0.15) is 10.4 Å². The molecule has 106 valence electrons. The maximum atomic E-state index is 11.8. The molecule has 0 fully saturated rings. The number of nitrogens with one attached hydrogen (secondary N) is 1. The summed E-state index contributed by atoms with van der Waals surface area (Å²) in [5.41, 5.74) is 0.0493. The molecule has 0 saturated heterocycles. The first-order valence-corrected chi connectivity index (χ1v) is 5.55. The maximum absolute atomic E-state index is 11.8. The van der Waals surface area contributed by atoms with E-state index < -0.39 is 18.9 Å². The fourth-order valence-corrected chi connectivity index (χ4v) is 1.33. The standard InChI is InChI=1S/C12H15F2NO4/c1-18-8-2-3-10(16)9(6-8)12(17)15-4-5-19-7-11(13)14/h2-3,6,11,16H,4-5,7H2,1H3,(H,15,17). The molecule has 7 heteroatoms. The van der Waals surface area contributed by atoms with Crippen LogP contribution in [0, 0.1) is 0 Å². The number of methoxy groups -OCH3 is 1. The summed E-state index contributed by atoms with van der Waals surface area (Å²) in [6, 6.07) is 4.23. The molecule has 0 aliphatic heterocycles. The number of phenols is 1. The summed E-state index contributed by atoms with van der Waals surface area (Å²) >= 11 is 0. The maximum Gasteiger partial charge on any atom is 0.261 e. The molecule has 0 aliphatic rings. The summed E-state index contributed by atoms with van der Waals surface area (Å²) in [7, 11) is 1.44. The highest BCUT2D eigenvalue weighted by Crippen LogP contribution is 2.22. The third-order valence-electron chi connectivity index (χ3n) is 2.22. The van der Waals surface area contributed by atoms with Gasteiger partial charge in [-0.05, 0) is 18.2 Å². The molecule has 0 atom stereocenters. The number of ether oxygens (including phenoxy) is 2. The van der Waals surface area contributed by atoms with E-state index in [2.05, 4.69) is 10.1 Å². The largest absolute Gasteiger partial charge is 0.507 e. The predicted molar refractivity (Wildman–Crippen MR) is 63.8 cm³/mol. The van der Waals surface area contributed by atoms with E-state index in [4.69, 9.17) is 4.74 Å². The number of hydrogen-bond acceptors (Lipinski definition) is 4. The van der Waals surface area contributed by atoms with Crippen molar-refractivity contribution in [3.63, 3.8) is 0 Å². The van der Waals surface area contributed by atoms with Gasteiger partial charge in [0, 0.05) is 6.54 Å². The zero-order chi connectivity index (χ0) is 14.3. The first-order chi connectivity index (χ1) is 9.04. The van der Waals surface area contributed by atoms with Crippen molar-refractivity contribution in [1.82, 2.24) is 5.32 Å². The van der Waals surface area contributed by atoms with Crippen LogP contribution in [0.3, 0.4) is 0 Å². The highest BCUT2D eigenvalue weighted by Gasteiger charge is 2.12. The first-order valence-electron chi connectivity index (χ1n) is 5.55. The second-order valence-corrected chi connectivity index (χ2v) is 3.60. The number of phenolic OH excluding ortho intramolecular Hbond substituents is 1. The van der Waals surface area contributed by atoms with Crippen LogP contribution in [-0.2, 0) is 4.74 Å². The molecule has 1 rings (SSSR count). The molecular weight excluding hydrogens is 260 g/mol. The zero-order valence-corrected chi connectivity index (χ0v) is 10.4. The fourth-order valence-electron chi connectivity index (χ4n) is 1.33. The van der Waals surface area contributed by atoms with Gasteiger partial charge in [-0.2, -0.15) is 0 Å². The molecule has 1 amide bonds.